The van der Waals surface area contributed by atoms with Gasteiger partial charge in [0.05, 0.1) is 5.88 Å². The van der Waals surface area contributed by atoms with Crippen molar-refractivity contribution in [3.05, 3.63) is 29.3 Å². The molecule has 0 aromatic heterocycles. The van der Waals surface area contributed by atoms with Gasteiger partial charge in [0.1, 0.15) is 11.4 Å². The Morgan fingerprint density at radius 2 is 1.93 bits per heavy atom. The summed E-state index contributed by atoms with van der Waals surface area (Å²) in [6, 6.07) is 6.06. The second-order valence-corrected chi connectivity index (χ2v) is 4.46. The molecule has 78 valence electrons. The SMILES string of the molecule is Cc1cccc(OC(C)(C)CCl)c1C. The fraction of sp³-hybridized carbons (Fsp3) is 0.500. The van der Waals surface area contributed by atoms with Crippen LogP contribution in [0.15, 0.2) is 18.2 Å². The first kappa shape index (κ1) is 11.4. The molecule has 1 aromatic rings. The van der Waals surface area contributed by atoms with Crippen molar-refractivity contribution in [2.24, 2.45) is 0 Å². The summed E-state index contributed by atoms with van der Waals surface area (Å²) < 4.78 is 5.83. The van der Waals surface area contributed by atoms with Gasteiger partial charge in [-0.2, -0.15) is 0 Å². The third-order valence-corrected chi connectivity index (χ3v) is 2.91. The smallest absolute Gasteiger partial charge is 0.123 e. The van der Waals surface area contributed by atoms with E-state index < -0.39 is 0 Å². The first-order valence-electron chi connectivity index (χ1n) is 4.77. The van der Waals surface area contributed by atoms with E-state index >= 15 is 0 Å². The van der Waals surface area contributed by atoms with Gasteiger partial charge in [0, 0.05) is 0 Å². The molecule has 1 nitrogen and oxygen atoms in total. The molecule has 0 heterocycles. The van der Waals surface area contributed by atoms with E-state index in [-0.39, 0.29) is 5.60 Å². The number of halogens is 1. The van der Waals surface area contributed by atoms with Crippen LogP contribution in [0.5, 0.6) is 5.75 Å². The molecule has 0 aliphatic heterocycles. The number of aryl methyl sites for hydroxylation is 1. The molecule has 0 amide bonds. The van der Waals surface area contributed by atoms with Gasteiger partial charge in [-0.1, -0.05) is 12.1 Å². The highest BCUT2D eigenvalue weighted by molar-refractivity contribution is 6.18. The van der Waals surface area contributed by atoms with Crippen LogP contribution in [0.25, 0.3) is 0 Å². The third-order valence-electron chi connectivity index (χ3n) is 2.26. The van der Waals surface area contributed by atoms with Gasteiger partial charge in [0.2, 0.25) is 0 Å². The Morgan fingerprint density at radius 1 is 1.29 bits per heavy atom. The van der Waals surface area contributed by atoms with Gasteiger partial charge in [0.25, 0.3) is 0 Å². The number of alkyl halides is 1. The third kappa shape index (κ3) is 2.65. The molecule has 0 unspecified atom stereocenters. The summed E-state index contributed by atoms with van der Waals surface area (Å²) in [5.41, 5.74) is 2.12. The quantitative estimate of drug-likeness (QED) is 0.695. The van der Waals surface area contributed by atoms with Crippen molar-refractivity contribution in [2.45, 2.75) is 33.3 Å². The highest BCUT2D eigenvalue weighted by atomic mass is 35.5. The van der Waals surface area contributed by atoms with E-state index in [4.69, 9.17) is 16.3 Å². The lowest BCUT2D eigenvalue weighted by molar-refractivity contribution is 0.133. The topological polar surface area (TPSA) is 9.23 Å². The summed E-state index contributed by atoms with van der Waals surface area (Å²) in [5.74, 6) is 1.41. The lowest BCUT2D eigenvalue weighted by Crippen LogP contribution is -2.30. The molecular formula is C12H17ClO. The van der Waals surface area contributed by atoms with Crippen LogP contribution in [-0.4, -0.2) is 11.5 Å². The van der Waals surface area contributed by atoms with Crippen molar-refractivity contribution in [1.29, 1.82) is 0 Å². The minimum Gasteiger partial charge on any atom is -0.486 e. The Hall–Kier alpha value is -0.690. The average molecular weight is 213 g/mol. The predicted octanol–water partition coefficient (Wildman–Crippen LogP) is 3.70. The maximum absolute atomic E-state index is 5.83. The van der Waals surface area contributed by atoms with Crippen molar-refractivity contribution in [3.8, 4) is 5.75 Å². The fourth-order valence-corrected chi connectivity index (χ4v) is 1.21. The fourth-order valence-electron chi connectivity index (χ4n) is 1.16. The standard InChI is InChI=1S/C12H17ClO/c1-9-6-5-7-11(10(9)2)14-12(3,4)8-13/h5-7H,8H2,1-4H3. The molecule has 0 spiro atoms. The molecule has 14 heavy (non-hydrogen) atoms. The molecule has 0 N–H and O–H groups in total. The van der Waals surface area contributed by atoms with E-state index in [0.29, 0.717) is 5.88 Å². The van der Waals surface area contributed by atoms with E-state index in [9.17, 15) is 0 Å². The Kier molecular flexibility index (Phi) is 3.43. The molecule has 1 aromatic carbocycles. The zero-order valence-corrected chi connectivity index (χ0v) is 9.98. The second kappa shape index (κ2) is 4.22. The van der Waals surface area contributed by atoms with Crippen molar-refractivity contribution in [1.82, 2.24) is 0 Å². The number of hydrogen-bond acceptors (Lipinski definition) is 1. The van der Waals surface area contributed by atoms with Crippen LogP contribution in [0, 0.1) is 13.8 Å². The van der Waals surface area contributed by atoms with Crippen LogP contribution < -0.4 is 4.74 Å². The van der Waals surface area contributed by atoms with Gasteiger partial charge < -0.3 is 4.74 Å². The second-order valence-electron chi connectivity index (χ2n) is 4.19. The Balaban J connectivity index is 2.92. The van der Waals surface area contributed by atoms with Crippen LogP contribution in [-0.2, 0) is 0 Å². The highest BCUT2D eigenvalue weighted by Crippen LogP contribution is 2.25. The molecule has 0 atom stereocenters. The largest absolute Gasteiger partial charge is 0.486 e. The molecular weight excluding hydrogens is 196 g/mol. The summed E-state index contributed by atoms with van der Waals surface area (Å²) in [5, 5.41) is 0. The summed E-state index contributed by atoms with van der Waals surface area (Å²) in [4.78, 5) is 0. The van der Waals surface area contributed by atoms with E-state index in [1.807, 2.05) is 26.0 Å². The molecule has 0 saturated carbocycles. The van der Waals surface area contributed by atoms with Crippen LogP contribution >= 0.6 is 11.6 Å². The first-order valence-corrected chi connectivity index (χ1v) is 5.31. The van der Waals surface area contributed by atoms with Gasteiger partial charge in [-0.25, -0.2) is 0 Å². The van der Waals surface area contributed by atoms with Gasteiger partial charge in [-0.3, -0.25) is 0 Å². The summed E-state index contributed by atoms with van der Waals surface area (Å²) in [7, 11) is 0. The maximum atomic E-state index is 5.83. The van der Waals surface area contributed by atoms with Crippen molar-refractivity contribution >= 4 is 11.6 Å². The zero-order valence-electron chi connectivity index (χ0n) is 9.23. The van der Waals surface area contributed by atoms with E-state index in [2.05, 4.69) is 19.9 Å². The molecule has 0 aliphatic carbocycles. The predicted molar refractivity (Wildman–Crippen MR) is 61.3 cm³/mol. The Morgan fingerprint density at radius 3 is 2.50 bits per heavy atom. The normalized spacial score (nSPS) is 11.5. The molecule has 0 radical (unpaired) electrons. The minimum absolute atomic E-state index is 0.305. The van der Waals surface area contributed by atoms with E-state index in [1.165, 1.54) is 11.1 Å². The summed E-state index contributed by atoms with van der Waals surface area (Å²) in [6.45, 7) is 8.12. The first-order chi connectivity index (χ1) is 6.46. The highest BCUT2D eigenvalue weighted by Gasteiger charge is 2.19. The van der Waals surface area contributed by atoms with Gasteiger partial charge >= 0.3 is 0 Å². The van der Waals surface area contributed by atoms with Crippen molar-refractivity contribution < 1.29 is 4.74 Å². The number of rotatable bonds is 3. The maximum Gasteiger partial charge on any atom is 0.123 e. The van der Waals surface area contributed by atoms with Crippen molar-refractivity contribution in [3.63, 3.8) is 0 Å². The van der Waals surface area contributed by atoms with Gasteiger partial charge in [0.15, 0.2) is 0 Å². The Bertz CT molecular complexity index is 318. The molecule has 0 aliphatic rings. The van der Waals surface area contributed by atoms with Crippen LogP contribution in [0.4, 0.5) is 0 Å². The van der Waals surface area contributed by atoms with Crippen LogP contribution in [0.3, 0.4) is 0 Å². The van der Waals surface area contributed by atoms with Crippen molar-refractivity contribution in [2.75, 3.05) is 5.88 Å². The number of hydrogen-bond donors (Lipinski definition) is 0. The molecule has 0 fully saturated rings. The van der Waals surface area contributed by atoms with E-state index in [1.54, 1.807) is 0 Å². The minimum atomic E-state index is -0.305. The summed E-state index contributed by atoms with van der Waals surface area (Å²) >= 11 is 5.81. The van der Waals surface area contributed by atoms with Crippen LogP contribution in [0.2, 0.25) is 0 Å². The Labute approximate surface area is 91.0 Å². The number of benzene rings is 1. The summed E-state index contributed by atoms with van der Waals surface area (Å²) in [6.07, 6.45) is 0. The zero-order chi connectivity index (χ0) is 10.8. The lowest BCUT2D eigenvalue weighted by Gasteiger charge is -2.25. The van der Waals surface area contributed by atoms with Crippen LogP contribution in [0.1, 0.15) is 25.0 Å². The van der Waals surface area contributed by atoms with Gasteiger partial charge in [-0.15, -0.1) is 11.6 Å². The molecule has 2 heteroatoms. The monoisotopic (exact) mass is 212 g/mol. The molecule has 0 saturated heterocycles. The number of ether oxygens (including phenoxy) is 1. The van der Waals surface area contributed by atoms with Gasteiger partial charge in [-0.05, 0) is 44.9 Å². The van der Waals surface area contributed by atoms with E-state index in [0.717, 1.165) is 5.75 Å². The molecule has 0 bridgehead atoms. The molecule has 1 rings (SSSR count). The lowest BCUT2D eigenvalue weighted by atomic mass is 10.1. The average Bonchev–Trinajstić information content (AvgIpc) is 2.13.